The number of hydrogen-bond acceptors (Lipinski definition) is 3. The molecule has 0 saturated carbocycles. The molecule has 3 rings (SSSR count). The van der Waals surface area contributed by atoms with Crippen molar-refractivity contribution in [3.8, 4) is 11.1 Å². The topological polar surface area (TPSA) is 20.3 Å². The first kappa shape index (κ1) is 16.5. The van der Waals surface area contributed by atoms with Gasteiger partial charge in [-0.2, -0.15) is 0 Å². The number of ketones is 1. The van der Waals surface area contributed by atoms with E-state index in [0.29, 0.717) is 0 Å². The van der Waals surface area contributed by atoms with Crippen LogP contribution in [0.15, 0.2) is 66.7 Å². The molecule has 0 spiro atoms. The van der Waals surface area contributed by atoms with Crippen LogP contribution in [0, 0.1) is 0 Å². The molecular weight excluding hydrogens is 314 g/mol. The maximum absolute atomic E-state index is 12.8. The lowest BCUT2D eigenvalue weighted by atomic mass is 10.1. The van der Waals surface area contributed by atoms with Crippen molar-refractivity contribution in [3.05, 3.63) is 77.2 Å². The molecule has 122 valence electrons. The van der Waals surface area contributed by atoms with Gasteiger partial charge in [0.2, 0.25) is 5.78 Å². The molecule has 0 N–H and O–H groups in total. The number of thiophene rings is 1. The molecule has 3 aromatic rings. The van der Waals surface area contributed by atoms with E-state index in [-0.39, 0.29) is 5.78 Å². The largest absolute Gasteiger partial charge is 0.363 e. The lowest BCUT2D eigenvalue weighted by Crippen LogP contribution is -2.21. The summed E-state index contributed by atoms with van der Waals surface area (Å²) >= 11 is 1.59. The van der Waals surface area contributed by atoms with Crippen molar-refractivity contribution in [3.63, 3.8) is 0 Å². The Balaban J connectivity index is 2.08. The molecule has 0 aliphatic carbocycles. The highest BCUT2D eigenvalue weighted by atomic mass is 32.1. The SMILES string of the molecule is CCN(CC)c1sc(C(=O)c2ccccc2)cc1-c1ccccc1. The van der Waals surface area contributed by atoms with Gasteiger partial charge in [-0.25, -0.2) is 0 Å². The van der Waals surface area contributed by atoms with Gasteiger partial charge < -0.3 is 4.90 Å². The number of rotatable bonds is 6. The minimum Gasteiger partial charge on any atom is -0.363 e. The first-order valence-electron chi connectivity index (χ1n) is 8.28. The third kappa shape index (κ3) is 3.26. The quantitative estimate of drug-likeness (QED) is 0.555. The Hall–Kier alpha value is -2.39. The van der Waals surface area contributed by atoms with Crippen molar-refractivity contribution in [1.29, 1.82) is 0 Å². The van der Waals surface area contributed by atoms with E-state index in [1.54, 1.807) is 11.3 Å². The number of benzene rings is 2. The van der Waals surface area contributed by atoms with Crippen LogP contribution in [0.5, 0.6) is 0 Å². The van der Waals surface area contributed by atoms with Gasteiger partial charge in [0.1, 0.15) is 0 Å². The van der Waals surface area contributed by atoms with Crippen molar-refractivity contribution in [2.45, 2.75) is 13.8 Å². The van der Waals surface area contributed by atoms with Crippen molar-refractivity contribution < 1.29 is 4.79 Å². The zero-order chi connectivity index (χ0) is 16.9. The van der Waals surface area contributed by atoms with Crippen LogP contribution in [0.2, 0.25) is 0 Å². The Kier molecular flexibility index (Phi) is 5.11. The first-order valence-corrected chi connectivity index (χ1v) is 9.10. The molecule has 1 aromatic heterocycles. The fourth-order valence-electron chi connectivity index (χ4n) is 2.80. The number of hydrogen-bond donors (Lipinski definition) is 0. The lowest BCUT2D eigenvalue weighted by Gasteiger charge is -2.20. The smallest absolute Gasteiger partial charge is 0.203 e. The predicted octanol–water partition coefficient (Wildman–Crippen LogP) is 5.49. The Morgan fingerprint density at radius 3 is 2.08 bits per heavy atom. The van der Waals surface area contributed by atoms with Gasteiger partial charge >= 0.3 is 0 Å². The summed E-state index contributed by atoms with van der Waals surface area (Å²) in [6.45, 7) is 6.15. The zero-order valence-electron chi connectivity index (χ0n) is 14.0. The molecule has 0 aliphatic heterocycles. The second-order valence-corrected chi connectivity index (χ2v) is 6.59. The van der Waals surface area contributed by atoms with Crippen LogP contribution in [-0.4, -0.2) is 18.9 Å². The summed E-state index contributed by atoms with van der Waals surface area (Å²) in [7, 11) is 0. The van der Waals surface area contributed by atoms with Crippen LogP contribution < -0.4 is 4.90 Å². The highest BCUT2D eigenvalue weighted by Gasteiger charge is 2.19. The summed E-state index contributed by atoms with van der Waals surface area (Å²) in [6, 6.07) is 21.8. The zero-order valence-corrected chi connectivity index (χ0v) is 14.8. The average Bonchev–Trinajstić information content (AvgIpc) is 3.09. The van der Waals surface area contributed by atoms with Crippen molar-refractivity contribution in [2.24, 2.45) is 0 Å². The number of carbonyl (C=O) groups is 1. The van der Waals surface area contributed by atoms with Gasteiger partial charge in [-0.3, -0.25) is 4.79 Å². The Bertz CT molecular complexity index is 804. The number of nitrogens with zero attached hydrogens (tertiary/aromatic N) is 1. The standard InChI is InChI=1S/C21H21NOS/c1-3-22(4-2)21-18(16-11-7-5-8-12-16)15-19(24-21)20(23)17-13-9-6-10-14-17/h5-15H,3-4H2,1-2H3. The van der Waals surface area contributed by atoms with E-state index in [9.17, 15) is 4.79 Å². The van der Waals surface area contributed by atoms with E-state index in [4.69, 9.17) is 0 Å². The molecule has 0 radical (unpaired) electrons. The van der Waals surface area contributed by atoms with Crippen LogP contribution >= 0.6 is 11.3 Å². The predicted molar refractivity (Wildman–Crippen MR) is 103 cm³/mol. The van der Waals surface area contributed by atoms with E-state index in [2.05, 4.69) is 30.9 Å². The van der Waals surface area contributed by atoms with Crippen LogP contribution in [0.1, 0.15) is 29.1 Å². The fraction of sp³-hybridized carbons (Fsp3) is 0.190. The minimum atomic E-state index is 0.0937. The minimum absolute atomic E-state index is 0.0937. The van der Waals surface area contributed by atoms with Crippen LogP contribution in [-0.2, 0) is 0 Å². The van der Waals surface area contributed by atoms with Crippen LogP contribution in [0.3, 0.4) is 0 Å². The van der Waals surface area contributed by atoms with Gasteiger partial charge in [0.25, 0.3) is 0 Å². The van der Waals surface area contributed by atoms with Gasteiger partial charge in [0, 0.05) is 24.2 Å². The summed E-state index contributed by atoms with van der Waals surface area (Å²) in [5.41, 5.74) is 3.04. The van der Waals surface area contributed by atoms with Gasteiger partial charge in [-0.15, -0.1) is 11.3 Å². The van der Waals surface area contributed by atoms with E-state index < -0.39 is 0 Å². The van der Waals surface area contributed by atoms with Crippen LogP contribution in [0.25, 0.3) is 11.1 Å². The highest BCUT2D eigenvalue weighted by molar-refractivity contribution is 7.18. The van der Waals surface area contributed by atoms with E-state index >= 15 is 0 Å². The van der Waals surface area contributed by atoms with E-state index in [1.807, 2.05) is 54.6 Å². The molecule has 2 nitrogen and oxygen atoms in total. The maximum atomic E-state index is 12.8. The molecular formula is C21H21NOS. The van der Waals surface area contributed by atoms with E-state index in [0.717, 1.165) is 34.7 Å². The number of carbonyl (C=O) groups excluding carboxylic acids is 1. The second-order valence-electron chi connectivity index (χ2n) is 5.56. The first-order chi connectivity index (χ1) is 11.7. The van der Waals surface area contributed by atoms with Gasteiger partial charge in [0.15, 0.2) is 0 Å². The second kappa shape index (κ2) is 7.45. The molecule has 2 aromatic carbocycles. The summed E-state index contributed by atoms with van der Waals surface area (Å²) in [6.07, 6.45) is 0. The normalized spacial score (nSPS) is 10.6. The molecule has 24 heavy (non-hydrogen) atoms. The Morgan fingerprint density at radius 1 is 0.917 bits per heavy atom. The number of anilines is 1. The summed E-state index contributed by atoms with van der Waals surface area (Å²) in [4.78, 5) is 15.9. The molecule has 1 heterocycles. The van der Waals surface area contributed by atoms with Crippen molar-refractivity contribution >= 4 is 22.1 Å². The summed E-state index contributed by atoms with van der Waals surface area (Å²) < 4.78 is 0. The summed E-state index contributed by atoms with van der Waals surface area (Å²) in [5.74, 6) is 0.0937. The van der Waals surface area contributed by atoms with Gasteiger partial charge in [-0.05, 0) is 25.5 Å². The van der Waals surface area contributed by atoms with Crippen molar-refractivity contribution in [1.82, 2.24) is 0 Å². The molecule has 0 amide bonds. The molecule has 3 heteroatoms. The van der Waals surface area contributed by atoms with Gasteiger partial charge in [-0.1, -0.05) is 60.7 Å². The fourth-order valence-corrected chi connectivity index (χ4v) is 4.07. The monoisotopic (exact) mass is 335 g/mol. The molecule has 0 fully saturated rings. The third-order valence-corrected chi connectivity index (χ3v) is 5.30. The molecule has 0 aliphatic rings. The Labute approximate surface area is 147 Å². The van der Waals surface area contributed by atoms with E-state index in [1.165, 1.54) is 5.00 Å². The summed E-state index contributed by atoms with van der Waals surface area (Å²) in [5, 5.41) is 1.17. The maximum Gasteiger partial charge on any atom is 0.203 e. The highest BCUT2D eigenvalue weighted by Crippen LogP contribution is 2.39. The Morgan fingerprint density at radius 2 is 1.50 bits per heavy atom. The lowest BCUT2D eigenvalue weighted by molar-refractivity contribution is 0.104. The molecule has 0 atom stereocenters. The van der Waals surface area contributed by atoms with Crippen LogP contribution in [0.4, 0.5) is 5.00 Å². The van der Waals surface area contributed by atoms with Gasteiger partial charge in [0.05, 0.1) is 9.88 Å². The molecule has 0 unspecified atom stereocenters. The molecule has 0 bridgehead atoms. The molecule has 0 saturated heterocycles. The third-order valence-electron chi connectivity index (χ3n) is 4.11. The van der Waals surface area contributed by atoms with Crippen molar-refractivity contribution in [2.75, 3.05) is 18.0 Å². The average molecular weight is 335 g/mol.